The predicted octanol–water partition coefficient (Wildman–Crippen LogP) is 2.99. The molecule has 5 rings (SSSR count). The topological polar surface area (TPSA) is 110 Å². The van der Waals surface area contributed by atoms with Crippen molar-refractivity contribution in [1.82, 2.24) is 14.1 Å². The molecule has 2 aromatic carbocycles. The van der Waals surface area contributed by atoms with Crippen LogP contribution in [0.3, 0.4) is 0 Å². The smallest absolute Gasteiger partial charge is 0.331 e. The van der Waals surface area contributed by atoms with E-state index in [0.717, 1.165) is 40.7 Å². The lowest BCUT2D eigenvalue weighted by atomic mass is 9.98. The van der Waals surface area contributed by atoms with Gasteiger partial charge in [-0.25, -0.2) is 14.4 Å². The second kappa shape index (κ2) is 10.3. The lowest BCUT2D eigenvalue weighted by Gasteiger charge is -2.23. The van der Waals surface area contributed by atoms with Crippen LogP contribution in [0.2, 0.25) is 0 Å². The van der Waals surface area contributed by atoms with Crippen molar-refractivity contribution in [2.75, 3.05) is 7.11 Å². The number of hydrogen-bond donors (Lipinski definition) is 0. The van der Waals surface area contributed by atoms with Gasteiger partial charge < -0.3 is 4.74 Å². The quantitative estimate of drug-likeness (QED) is 0.538. The molecule has 9 heteroatoms. The highest BCUT2D eigenvalue weighted by atomic mass is 16.5. The Morgan fingerprint density at radius 1 is 1.08 bits per heavy atom. The summed E-state index contributed by atoms with van der Waals surface area (Å²) >= 11 is 0. The van der Waals surface area contributed by atoms with Crippen molar-refractivity contribution >= 4 is 11.6 Å². The van der Waals surface area contributed by atoms with Crippen LogP contribution < -0.4 is 16.0 Å². The highest BCUT2D eigenvalue weighted by Crippen LogP contribution is 2.33. The van der Waals surface area contributed by atoms with Crippen LogP contribution in [-0.4, -0.2) is 32.9 Å². The molecule has 0 saturated heterocycles. The van der Waals surface area contributed by atoms with Gasteiger partial charge in [-0.05, 0) is 42.5 Å². The Kier molecular flexibility index (Phi) is 6.73. The van der Waals surface area contributed by atoms with Crippen molar-refractivity contribution in [1.29, 1.82) is 5.26 Å². The monoisotopic (exact) mass is 497 g/mol. The number of hydrogen-bond acceptors (Lipinski definition) is 6. The van der Waals surface area contributed by atoms with Gasteiger partial charge in [0.25, 0.3) is 11.5 Å². The lowest BCUT2D eigenvalue weighted by molar-refractivity contribution is -0.133. The van der Waals surface area contributed by atoms with Crippen molar-refractivity contribution in [2.45, 2.75) is 51.2 Å². The molecule has 1 unspecified atom stereocenters. The molecule has 1 amide bonds. The maximum Gasteiger partial charge on any atom is 0.331 e. The molecule has 2 aliphatic rings. The van der Waals surface area contributed by atoms with Crippen molar-refractivity contribution in [3.63, 3.8) is 0 Å². The van der Waals surface area contributed by atoms with E-state index in [1.54, 1.807) is 7.11 Å². The lowest BCUT2D eigenvalue weighted by Crippen LogP contribution is -2.46. The maximum atomic E-state index is 13.6. The highest BCUT2D eigenvalue weighted by Gasteiger charge is 2.34. The molecule has 188 valence electrons. The molecule has 37 heavy (non-hydrogen) atoms. The summed E-state index contributed by atoms with van der Waals surface area (Å²) in [5.41, 5.74) is 1.62. The van der Waals surface area contributed by atoms with E-state index < -0.39 is 29.7 Å². The van der Waals surface area contributed by atoms with Gasteiger partial charge in [0.15, 0.2) is 0 Å². The predicted molar refractivity (Wildman–Crippen MR) is 137 cm³/mol. The van der Waals surface area contributed by atoms with E-state index in [2.05, 4.69) is 5.10 Å². The van der Waals surface area contributed by atoms with Gasteiger partial charge in [-0.2, -0.15) is 10.4 Å². The summed E-state index contributed by atoms with van der Waals surface area (Å²) in [6.07, 6.45) is 3.47. The van der Waals surface area contributed by atoms with E-state index in [1.807, 2.05) is 60.7 Å². The first-order chi connectivity index (χ1) is 18.0. The summed E-state index contributed by atoms with van der Waals surface area (Å²) in [6.45, 7) is -0.0728. The van der Waals surface area contributed by atoms with Crippen molar-refractivity contribution < 1.29 is 9.53 Å². The number of nitriles is 1. The number of carbonyl (C=O) groups excluding carboxylic acids is 1. The Balaban J connectivity index is 1.54. The molecule has 0 saturated carbocycles. The van der Waals surface area contributed by atoms with Gasteiger partial charge in [0.2, 0.25) is 0 Å². The number of methoxy groups -OCH3 is 1. The molecule has 0 aliphatic carbocycles. The third kappa shape index (κ3) is 4.58. The zero-order valence-corrected chi connectivity index (χ0v) is 20.6. The molecule has 2 aliphatic heterocycles. The minimum absolute atomic E-state index is 0.0593. The van der Waals surface area contributed by atoms with Gasteiger partial charge in [0.1, 0.15) is 23.9 Å². The molecule has 3 aromatic rings. The highest BCUT2D eigenvalue weighted by molar-refractivity contribution is 6.03. The third-order valence-corrected chi connectivity index (χ3v) is 7.01. The number of aromatic nitrogens is 2. The zero-order chi connectivity index (χ0) is 25.9. The van der Waals surface area contributed by atoms with E-state index in [0.29, 0.717) is 30.8 Å². The molecule has 0 radical (unpaired) electrons. The Bertz CT molecular complexity index is 1510. The fraction of sp³-hybridized carbons (Fsp3) is 0.321. The fourth-order valence-corrected chi connectivity index (χ4v) is 5.06. The Morgan fingerprint density at radius 3 is 2.54 bits per heavy atom. The number of ether oxygens (including phenoxy) is 1. The fourth-order valence-electron chi connectivity index (χ4n) is 5.06. The SMILES string of the molecule is COc1ccc(C2CC(c3ccccc3)=NN2C(=O)Cn2c(=O)c(C#N)c3n(c2=O)CCCCC3)cc1. The third-order valence-electron chi connectivity index (χ3n) is 7.01. The first-order valence-corrected chi connectivity index (χ1v) is 12.4. The first-order valence-electron chi connectivity index (χ1n) is 12.4. The van der Waals surface area contributed by atoms with Gasteiger partial charge >= 0.3 is 5.69 Å². The number of amides is 1. The van der Waals surface area contributed by atoms with Gasteiger partial charge in [0.05, 0.1) is 18.9 Å². The minimum Gasteiger partial charge on any atom is -0.497 e. The summed E-state index contributed by atoms with van der Waals surface area (Å²) in [5, 5.41) is 15.7. The summed E-state index contributed by atoms with van der Waals surface area (Å²) in [7, 11) is 1.59. The number of rotatable bonds is 5. The van der Waals surface area contributed by atoms with Gasteiger partial charge in [-0.1, -0.05) is 48.9 Å². The standard InChI is InChI=1S/C28H27N5O4/c1-37-21-13-11-20(12-14-21)25-16-23(19-8-4-2-5-9-19)30-33(25)26(34)18-32-27(35)22(17-29)24-10-6-3-7-15-31(24)28(32)36/h2,4-5,8-9,11-14,25H,3,6-7,10,15-16,18H2,1H3. The summed E-state index contributed by atoms with van der Waals surface area (Å²) in [5.74, 6) is 0.196. The summed E-state index contributed by atoms with van der Waals surface area (Å²) in [4.78, 5) is 40.1. The van der Waals surface area contributed by atoms with E-state index in [4.69, 9.17) is 4.74 Å². The summed E-state index contributed by atoms with van der Waals surface area (Å²) in [6, 6.07) is 18.6. The van der Waals surface area contributed by atoms with Crippen LogP contribution in [0.4, 0.5) is 0 Å². The van der Waals surface area contributed by atoms with E-state index in [9.17, 15) is 19.6 Å². The molecule has 0 bridgehead atoms. The number of benzene rings is 2. The van der Waals surface area contributed by atoms with E-state index in [1.165, 1.54) is 9.58 Å². The van der Waals surface area contributed by atoms with Gasteiger partial charge in [-0.3, -0.25) is 14.2 Å². The summed E-state index contributed by atoms with van der Waals surface area (Å²) < 4.78 is 7.64. The van der Waals surface area contributed by atoms with Crippen LogP contribution in [0.25, 0.3) is 0 Å². The van der Waals surface area contributed by atoms with Crippen LogP contribution in [0, 0.1) is 11.3 Å². The van der Waals surface area contributed by atoms with Gasteiger partial charge in [-0.15, -0.1) is 0 Å². The molecule has 9 nitrogen and oxygen atoms in total. The maximum absolute atomic E-state index is 13.6. The molecular weight excluding hydrogens is 470 g/mol. The molecule has 3 heterocycles. The second-order valence-corrected chi connectivity index (χ2v) is 9.21. The van der Waals surface area contributed by atoms with E-state index >= 15 is 0 Å². The Labute approximate surface area is 213 Å². The number of hydrazone groups is 1. The zero-order valence-electron chi connectivity index (χ0n) is 20.6. The molecular formula is C28H27N5O4. The van der Waals surface area contributed by atoms with Crippen molar-refractivity contribution in [3.05, 3.63) is 97.8 Å². The Hall–Kier alpha value is -4.45. The first kappa shape index (κ1) is 24.3. The average molecular weight is 498 g/mol. The molecule has 0 fully saturated rings. The molecule has 0 spiro atoms. The Morgan fingerprint density at radius 2 is 1.84 bits per heavy atom. The van der Waals surface area contributed by atoms with Crippen molar-refractivity contribution in [2.24, 2.45) is 5.10 Å². The minimum atomic E-state index is -0.721. The van der Waals surface area contributed by atoms with Crippen LogP contribution in [-0.2, 0) is 24.3 Å². The normalized spacial score (nSPS) is 16.9. The largest absolute Gasteiger partial charge is 0.497 e. The number of fused-ring (bicyclic) bond motifs is 1. The van der Waals surface area contributed by atoms with Crippen LogP contribution in [0.5, 0.6) is 5.75 Å². The van der Waals surface area contributed by atoms with Gasteiger partial charge in [0, 0.05) is 18.7 Å². The van der Waals surface area contributed by atoms with Crippen LogP contribution >= 0.6 is 0 Å². The molecule has 0 N–H and O–H groups in total. The molecule has 1 aromatic heterocycles. The van der Waals surface area contributed by atoms with Crippen LogP contribution in [0.1, 0.15) is 54.1 Å². The number of carbonyl (C=O) groups is 1. The second-order valence-electron chi connectivity index (χ2n) is 9.21. The van der Waals surface area contributed by atoms with Crippen LogP contribution in [0.15, 0.2) is 69.3 Å². The molecule has 1 atom stereocenters. The number of nitrogens with zero attached hydrogens (tertiary/aromatic N) is 5. The van der Waals surface area contributed by atoms with E-state index in [-0.39, 0.29) is 5.56 Å². The average Bonchev–Trinajstić information content (AvgIpc) is 3.24. The van der Waals surface area contributed by atoms with Crippen molar-refractivity contribution in [3.8, 4) is 11.8 Å².